The fraction of sp³-hybridized carbons (Fsp3) is 0.750. The van der Waals surface area contributed by atoms with Crippen LogP contribution in [-0.4, -0.2) is 27.6 Å². The molecule has 42 heavy (non-hydrogen) atoms. The molecule has 3 fully saturated rings. The molecule has 10 nitrogen and oxygen atoms in total. The Morgan fingerprint density at radius 2 is 1.83 bits per heavy atom. The number of nitro benzene ring substituents is 2. The smallest absolute Gasteiger partial charge is 0.306 e. The number of ether oxygens (including phenoxy) is 1. The van der Waals surface area contributed by atoms with Crippen LogP contribution < -0.4 is 5.43 Å². The van der Waals surface area contributed by atoms with E-state index in [2.05, 4.69) is 38.2 Å². The van der Waals surface area contributed by atoms with Gasteiger partial charge in [-0.3, -0.25) is 30.4 Å². The molecule has 1 aromatic carbocycles. The van der Waals surface area contributed by atoms with Gasteiger partial charge in [-0.05, 0) is 99.9 Å². The summed E-state index contributed by atoms with van der Waals surface area (Å²) in [6.45, 7) is 9.15. The molecule has 1 aliphatic heterocycles. The second-order valence-corrected chi connectivity index (χ2v) is 13.6. The Labute approximate surface area is 249 Å². The highest BCUT2D eigenvalue weighted by molar-refractivity contribution is 5.70. The predicted octanol–water partition coefficient (Wildman–Crippen LogP) is 8.30. The van der Waals surface area contributed by atoms with Crippen molar-refractivity contribution >= 4 is 29.2 Å². The lowest BCUT2D eigenvalue weighted by Crippen LogP contribution is -2.48. The number of hydrazone groups is 1. The lowest BCUT2D eigenvalue weighted by atomic mass is 9.59. The van der Waals surface area contributed by atoms with Crippen LogP contribution in [0.3, 0.4) is 0 Å². The van der Waals surface area contributed by atoms with Crippen LogP contribution in [0.2, 0.25) is 0 Å². The van der Waals surface area contributed by atoms with Gasteiger partial charge in [0.15, 0.2) is 0 Å². The summed E-state index contributed by atoms with van der Waals surface area (Å²) in [5.41, 5.74) is 1.65. The Kier molecular flexibility index (Phi) is 10.6. The van der Waals surface area contributed by atoms with Crippen molar-refractivity contribution in [2.75, 3.05) is 5.43 Å². The number of nitro groups is 2. The first-order valence-corrected chi connectivity index (χ1v) is 15.9. The first kappa shape index (κ1) is 31.9. The molecule has 0 aromatic heterocycles. The number of rotatable bonds is 12. The fourth-order valence-corrected chi connectivity index (χ4v) is 8.38. The standard InChI is InChI=1S/C32H48N4O6/c1-21(2)8-7-9-22(3)24-12-13-26-25(24)14-15-28(32(4)18-6-5-10-31(37)42-32)27(26)17-19-33-34-29-16-11-23(35(38)39)20-30(29)36(40)41/h11,16,19-22,24-28,34H,5-10,12-15,17-18H2,1-4H3/b33-19+/t22-,24-,25?,26?,27+,28?,32-/m1/s1. The summed E-state index contributed by atoms with van der Waals surface area (Å²) < 4.78 is 6.19. The molecule has 3 unspecified atom stereocenters. The third-order valence-corrected chi connectivity index (χ3v) is 10.5. The van der Waals surface area contributed by atoms with Gasteiger partial charge in [-0.1, -0.05) is 40.0 Å². The summed E-state index contributed by atoms with van der Waals surface area (Å²) in [4.78, 5) is 33.9. The van der Waals surface area contributed by atoms with Gasteiger partial charge in [0.25, 0.3) is 5.69 Å². The maximum Gasteiger partial charge on any atom is 0.306 e. The summed E-state index contributed by atoms with van der Waals surface area (Å²) in [5.74, 6) is 3.76. The van der Waals surface area contributed by atoms with Crippen LogP contribution in [0.5, 0.6) is 0 Å². The van der Waals surface area contributed by atoms with E-state index >= 15 is 0 Å². The van der Waals surface area contributed by atoms with E-state index in [0.29, 0.717) is 42.4 Å². The molecule has 0 radical (unpaired) electrons. The summed E-state index contributed by atoms with van der Waals surface area (Å²) in [5, 5.41) is 27.0. The fourth-order valence-electron chi connectivity index (χ4n) is 8.38. The third-order valence-electron chi connectivity index (χ3n) is 10.5. The summed E-state index contributed by atoms with van der Waals surface area (Å²) >= 11 is 0. The van der Waals surface area contributed by atoms with Crippen molar-refractivity contribution in [2.45, 2.75) is 110 Å². The first-order chi connectivity index (χ1) is 20.0. The van der Waals surface area contributed by atoms with E-state index in [1.165, 1.54) is 50.7 Å². The zero-order valence-corrected chi connectivity index (χ0v) is 25.6. The second kappa shape index (κ2) is 14.0. The van der Waals surface area contributed by atoms with Crippen molar-refractivity contribution in [2.24, 2.45) is 46.5 Å². The topological polar surface area (TPSA) is 137 Å². The SMILES string of the molecule is CC(C)CCC[C@@H](C)[C@H]1CCC2C1CCC([C@@]1(C)CCCCC(=O)O1)[C@H]2C/C=N/Nc1ccc([N+](=O)[O-])cc1[N+](=O)[O-]. The molecule has 7 atom stereocenters. The van der Waals surface area contributed by atoms with Gasteiger partial charge in [-0.25, -0.2) is 0 Å². The van der Waals surface area contributed by atoms with Gasteiger partial charge < -0.3 is 4.74 Å². The highest BCUT2D eigenvalue weighted by Gasteiger charge is 2.52. The Morgan fingerprint density at radius 3 is 2.55 bits per heavy atom. The zero-order chi connectivity index (χ0) is 30.4. The predicted molar refractivity (Wildman–Crippen MR) is 163 cm³/mol. The van der Waals surface area contributed by atoms with Gasteiger partial charge in [0.05, 0.1) is 15.9 Å². The van der Waals surface area contributed by atoms with Crippen molar-refractivity contribution in [3.63, 3.8) is 0 Å². The molecule has 232 valence electrons. The van der Waals surface area contributed by atoms with Crippen LogP contribution in [0.1, 0.15) is 105 Å². The molecule has 10 heteroatoms. The van der Waals surface area contributed by atoms with Crippen LogP contribution in [0.4, 0.5) is 17.1 Å². The molecule has 3 aliphatic rings. The number of anilines is 1. The number of hydrogen-bond donors (Lipinski definition) is 1. The average molecular weight is 585 g/mol. The van der Waals surface area contributed by atoms with E-state index in [0.717, 1.165) is 37.7 Å². The van der Waals surface area contributed by atoms with Crippen LogP contribution in [0.15, 0.2) is 23.3 Å². The lowest BCUT2D eigenvalue weighted by molar-refractivity contribution is -0.393. The largest absolute Gasteiger partial charge is 0.459 e. The highest BCUT2D eigenvalue weighted by atomic mass is 16.6. The molecule has 2 saturated carbocycles. The lowest BCUT2D eigenvalue weighted by Gasteiger charge is -2.49. The number of esters is 1. The minimum atomic E-state index is -0.652. The Morgan fingerprint density at radius 1 is 1.07 bits per heavy atom. The molecule has 0 amide bonds. The van der Waals surface area contributed by atoms with E-state index < -0.39 is 15.4 Å². The van der Waals surface area contributed by atoms with E-state index in [1.807, 2.05) is 0 Å². The van der Waals surface area contributed by atoms with Crippen LogP contribution in [0.25, 0.3) is 0 Å². The molecule has 1 saturated heterocycles. The number of carbonyl (C=O) groups is 1. The van der Waals surface area contributed by atoms with E-state index in [9.17, 15) is 25.0 Å². The molecule has 4 rings (SSSR count). The number of non-ortho nitro benzene ring substituents is 1. The number of fused-ring (bicyclic) bond motifs is 1. The molecular weight excluding hydrogens is 536 g/mol. The molecule has 2 aliphatic carbocycles. The van der Waals surface area contributed by atoms with Crippen molar-refractivity contribution in [1.82, 2.24) is 0 Å². The molecule has 1 aromatic rings. The van der Waals surface area contributed by atoms with Crippen molar-refractivity contribution < 1.29 is 19.4 Å². The maximum atomic E-state index is 12.6. The Balaban J connectivity index is 1.52. The van der Waals surface area contributed by atoms with E-state index in [-0.39, 0.29) is 28.9 Å². The summed E-state index contributed by atoms with van der Waals surface area (Å²) in [7, 11) is 0. The monoisotopic (exact) mass is 584 g/mol. The number of cyclic esters (lactones) is 1. The van der Waals surface area contributed by atoms with Gasteiger partial charge in [0.2, 0.25) is 0 Å². The van der Waals surface area contributed by atoms with Crippen LogP contribution in [-0.2, 0) is 9.53 Å². The number of benzene rings is 1. The summed E-state index contributed by atoms with van der Waals surface area (Å²) in [6, 6.07) is 3.50. The van der Waals surface area contributed by atoms with Crippen molar-refractivity contribution in [3.05, 3.63) is 38.4 Å². The molecular formula is C32H48N4O6. The average Bonchev–Trinajstić information content (AvgIpc) is 3.29. The Bertz CT molecular complexity index is 1160. The minimum Gasteiger partial charge on any atom is -0.459 e. The number of carbonyl (C=O) groups excluding carboxylic acids is 1. The number of nitrogens with one attached hydrogen (secondary N) is 1. The van der Waals surface area contributed by atoms with Crippen molar-refractivity contribution in [1.29, 1.82) is 0 Å². The van der Waals surface area contributed by atoms with Gasteiger partial charge in [-0.2, -0.15) is 5.10 Å². The molecule has 1 heterocycles. The van der Waals surface area contributed by atoms with Gasteiger partial charge in [0.1, 0.15) is 11.3 Å². The molecule has 1 N–H and O–H groups in total. The normalized spacial score (nSPS) is 30.5. The first-order valence-electron chi connectivity index (χ1n) is 15.9. The second-order valence-electron chi connectivity index (χ2n) is 13.6. The van der Waals surface area contributed by atoms with E-state index in [4.69, 9.17) is 4.74 Å². The van der Waals surface area contributed by atoms with Crippen molar-refractivity contribution in [3.8, 4) is 0 Å². The quantitative estimate of drug-likeness (QED) is 0.113. The molecule has 0 bridgehead atoms. The number of nitrogens with zero attached hydrogens (tertiary/aromatic N) is 3. The molecule has 0 spiro atoms. The third kappa shape index (κ3) is 7.48. The number of hydrogen-bond acceptors (Lipinski definition) is 8. The van der Waals surface area contributed by atoms with Gasteiger partial charge in [-0.15, -0.1) is 0 Å². The van der Waals surface area contributed by atoms with Gasteiger partial charge >= 0.3 is 11.7 Å². The maximum absolute atomic E-state index is 12.6. The highest BCUT2D eigenvalue weighted by Crippen LogP contribution is 2.57. The van der Waals surface area contributed by atoms with Crippen LogP contribution in [0, 0.1) is 61.7 Å². The van der Waals surface area contributed by atoms with E-state index in [1.54, 1.807) is 6.21 Å². The Hall–Kier alpha value is -3.04. The zero-order valence-electron chi connectivity index (χ0n) is 25.6. The minimum absolute atomic E-state index is 0.0974. The summed E-state index contributed by atoms with van der Waals surface area (Å²) in [6.07, 6.45) is 14.1. The van der Waals surface area contributed by atoms with Crippen LogP contribution >= 0.6 is 0 Å². The van der Waals surface area contributed by atoms with Gasteiger partial charge in [0, 0.05) is 24.6 Å².